The summed E-state index contributed by atoms with van der Waals surface area (Å²) in [6.07, 6.45) is 2.16. The van der Waals surface area contributed by atoms with Gasteiger partial charge < -0.3 is 14.6 Å². The normalized spacial score (nSPS) is 17.7. The molecule has 2 heterocycles. The summed E-state index contributed by atoms with van der Waals surface area (Å²) in [5, 5.41) is 2.83. The van der Waals surface area contributed by atoms with Crippen molar-refractivity contribution in [3.8, 4) is 0 Å². The van der Waals surface area contributed by atoms with Crippen LogP contribution in [0.4, 0.5) is 9.18 Å². The van der Waals surface area contributed by atoms with Crippen LogP contribution in [0.15, 0.2) is 47.1 Å². The van der Waals surface area contributed by atoms with Crippen molar-refractivity contribution in [2.45, 2.75) is 12.3 Å². The number of carbonyl (C=O) groups excluding carboxylic acids is 1. The number of sulfone groups is 1. The predicted molar refractivity (Wildman–Crippen MR) is 95.2 cm³/mol. The molecule has 140 valence electrons. The van der Waals surface area contributed by atoms with E-state index in [1.165, 1.54) is 17.0 Å². The van der Waals surface area contributed by atoms with E-state index in [0.717, 1.165) is 11.3 Å². The average molecular weight is 380 g/mol. The number of benzene rings is 1. The molecule has 1 unspecified atom stereocenters. The van der Waals surface area contributed by atoms with Crippen LogP contribution in [-0.4, -0.2) is 50.5 Å². The number of carbonyl (C=O) groups is 1. The van der Waals surface area contributed by atoms with Crippen LogP contribution in [0.1, 0.15) is 23.7 Å². The van der Waals surface area contributed by atoms with E-state index in [2.05, 4.69) is 5.32 Å². The molecule has 26 heavy (non-hydrogen) atoms. The average Bonchev–Trinajstić information content (AvgIpc) is 3.14. The molecule has 2 amide bonds. The van der Waals surface area contributed by atoms with Crippen LogP contribution in [0, 0.1) is 5.82 Å². The van der Waals surface area contributed by atoms with Gasteiger partial charge >= 0.3 is 6.03 Å². The van der Waals surface area contributed by atoms with Crippen molar-refractivity contribution < 1.29 is 22.0 Å². The summed E-state index contributed by atoms with van der Waals surface area (Å²) in [5.41, 5.74) is 0.902. The maximum absolute atomic E-state index is 13.2. The Kier molecular flexibility index (Phi) is 5.61. The lowest BCUT2D eigenvalue weighted by atomic mass is 9.93. The van der Waals surface area contributed by atoms with Crippen molar-refractivity contribution in [1.29, 1.82) is 0 Å². The highest BCUT2D eigenvalue weighted by Gasteiger charge is 2.25. The number of halogens is 1. The Bertz CT molecular complexity index is 821. The summed E-state index contributed by atoms with van der Waals surface area (Å²) in [5.74, 6) is 0.346. The van der Waals surface area contributed by atoms with Crippen LogP contribution in [0.5, 0.6) is 0 Å². The number of nitrogens with one attached hydrogen (secondary N) is 1. The van der Waals surface area contributed by atoms with Crippen LogP contribution < -0.4 is 5.32 Å². The van der Waals surface area contributed by atoms with Crippen LogP contribution in [0.25, 0.3) is 0 Å². The molecule has 8 heteroatoms. The van der Waals surface area contributed by atoms with Crippen LogP contribution >= 0.6 is 0 Å². The zero-order chi connectivity index (χ0) is 18.6. The molecule has 0 spiro atoms. The standard InChI is InChI=1S/C18H21FN2O4S/c19-15-5-3-14(4-6-15)16(17-2-1-11-25-17)7-8-20-18(22)21-9-12-26(23,24)13-10-21/h1-6,11,16H,7-10,12-13H2,(H,20,22). The summed E-state index contributed by atoms with van der Waals surface area (Å²) in [6.45, 7) is 0.826. The number of hydrogen-bond donors (Lipinski definition) is 1. The van der Waals surface area contributed by atoms with Gasteiger partial charge in [-0.05, 0) is 36.2 Å². The number of furan rings is 1. The third kappa shape index (κ3) is 4.63. The molecule has 0 bridgehead atoms. The first-order chi connectivity index (χ1) is 12.4. The van der Waals surface area contributed by atoms with Crippen LogP contribution in [-0.2, 0) is 9.84 Å². The topological polar surface area (TPSA) is 79.6 Å². The van der Waals surface area contributed by atoms with Gasteiger partial charge in [-0.1, -0.05) is 12.1 Å². The van der Waals surface area contributed by atoms with E-state index in [4.69, 9.17) is 4.42 Å². The van der Waals surface area contributed by atoms with E-state index in [0.29, 0.717) is 13.0 Å². The van der Waals surface area contributed by atoms with Crippen molar-refractivity contribution in [1.82, 2.24) is 10.2 Å². The molecule has 0 aliphatic carbocycles. The zero-order valence-electron chi connectivity index (χ0n) is 14.2. The van der Waals surface area contributed by atoms with Gasteiger partial charge in [-0.3, -0.25) is 0 Å². The van der Waals surface area contributed by atoms with Gasteiger partial charge in [0.15, 0.2) is 9.84 Å². The molecule has 3 rings (SSSR count). The van der Waals surface area contributed by atoms with Crippen LogP contribution in [0.3, 0.4) is 0 Å². The summed E-state index contributed by atoms with van der Waals surface area (Å²) >= 11 is 0. The Hall–Kier alpha value is -2.35. The second kappa shape index (κ2) is 7.90. The van der Waals surface area contributed by atoms with Gasteiger partial charge in [-0.2, -0.15) is 0 Å². The molecule has 1 atom stereocenters. The maximum atomic E-state index is 13.2. The Morgan fingerprint density at radius 2 is 1.88 bits per heavy atom. The first-order valence-corrected chi connectivity index (χ1v) is 10.3. The van der Waals surface area contributed by atoms with Gasteiger partial charge in [0.25, 0.3) is 0 Å². The maximum Gasteiger partial charge on any atom is 0.317 e. The molecule has 1 aliphatic rings. The third-order valence-electron chi connectivity index (χ3n) is 4.50. The lowest BCUT2D eigenvalue weighted by Gasteiger charge is -2.27. The van der Waals surface area contributed by atoms with Crippen molar-refractivity contribution in [3.05, 3.63) is 59.8 Å². The van der Waals surface area contributed by atoms with Crippen molar-refractivity contribution >= 4 is 15.9 Å². The Morgan fingerprint density at radius 1 is 1.19 bits per heavy atom. The van der Waals surface area contributed by atoms with Crippen LogP contribution in [0.2, 0.25) is 0 Å². The van der Waals surface area contributed by atoms with Gasteiger partial charge in [0.05, 0.1) is 17.8 Å². The fourth-order valence-corrected chi connectivity index (χ4v) is 4.21. The van der Waals surface area contributed by atoms with Gasteiger partial charge in [-0.15, -0.1) is 0 Å². The van der Waals surface area contributed by atoms with E-state index in [1.807, 2.05) is 6.07 Å². The minimum atomic E-state index is -3.02. The summed E-state index contributed by atoms with van der Waals surface area (Å²) in [7, 11) is -3.02. The van der Waals surface area contributed by atoms with E-state index < -0.39 is 9.84 Å². The monoisotopic (exact) mass is 380 g/mol. The Labute approximate surface area is 151 Å². The number of rotatable bonds is 5. The Morgan fingerprint density at radius 3 is 2.50 bits per heavy atom. The fourth-order valence-electron chi connectivity index (χ4n) is 3.01. The minimum absolute atomic E-state index is 0.00498. The molecular weight excluding hydrogens is 359 g/mol. The Balaban J connectivity index is 1.58. The first kappa shape index (κ1) is 18.4. The van der Waals surface area contributed by atoms with Gasteiger partial charge in [0.1, 0.15) is 11.6 Å². The summed E-state index contributed by atoms with van der Waals surface area (Å²) in [4.78, 5) is 13.7. The fraction of sp³-hybridized carbons (Fsp3) is 0.389. The molecule has 0 radical (unpaired) electrons. The molecule has 1 aliphatic heterocycles. The lowest BCUT2D eigenvalue weighted by molar-refractivity contribution is 0.202. The number of urea groups is 1. The van der Waals surface area contributed by atoms with Gasteiger partial charge in [0.2, 0.25) is 0 Å². The number of nitrogens with zero attached hydrogens (tertiary/aromatic N) is 1. The molecule has 0 saturated carbocycles. The predicted octanol–water partition coefficient (Wildman–Crippen LogP) is 2.38. The zero-order valence-corrected chi connectivity index (χ0v) is 15.0. The molecule has 1 saturated heterocycles. The van der Waals surface area contributed by atoms with E-state index in [1.54, 1.807) is 24.5 Å². The second-order valence-corrected chi connectivity index (χ2v) is 8.58. The molecule has 2 aromatic rings. The largest absolute Gasteiger partial charge is 0.469 e. The second-order valence-electron chi connectivity index (χ2n) is 6.28. The molecule has 1 aromatic heterocycles. The number of amides is 2. The smallest absolute Gasteiger partial charge is 0.317 e. The minimum Gasteiger partial charge on any atom is -0.469 e. The highest BCUT2D eigenvalue weighted by Crippen LogP contribution is 2.28. The molecule has 1 fully saturated rings. The summed E-state index contributed by atoms with van der Waals surface area (Å²) in [6, 6.07) is 9.59. The van der Waals surface area contributed by atoms with Crippen molar-refractivity contribution in [2.24, 2.45) is 0 Å². The highest BCUT2D eigenvalue weighted by atomic mass is 32.2. The first-order valence-electron chi connectivity index (χ1n) is 8.47. The van der Waals surface area contributed by atoms with E-state index in [-0.39, 0.29) is 42.4 Å². The highest BCUT2D eigenvalue weighted by molar-refractivity contribution is 7.91. The molecule has 6 nitrogen and oxygen atoms in total. The molecule has 1 N–H and O–H groups in total. The SMILES string of the molecule is O=C(NCCC(c1ccc(F)cc1)c1ccco1)N1CCS(=O)(=O)CC1. The molecule has 1 aromatic carbocycles. The number of hydrogen-bond acceptors (Lipinski definition) is 4. The van der Waals surface area contributed by atoms with Gasteiger partial charge in [0, 0.05) is 25.6 Å². The molecular formula is C18H21FN2O4S. The van der Waals surface area contributed by atoms with Gasteiger partial charge in [-0.25, -0.2) is 17.6 Å². The van der Waals surface area contributed by atoms with E-state index in [9.17, 15) is 17.6 Å². The lowest BCUT2D eigenvalue weighted by Crippen LogP contribution is -2.48. The van der Waals surface area contributed by atoms with E-state index >= 15 is 0 Å². The van der Waals surface area contributed by atoms with Crippen molar-refractivity contribution in [3.63, 3.8) is 0 Å². The quantitative estimate of drug-likeness (QED) is 0.864. The third-order valence-corrected chi connectivity index (χ3v) is 6.11. The summed E-state index contributed by atoms with van der Waals surface area (Å²) < 4.78 is 41.6. The van der Waals surface area contributed by atoms with Crippen molar-refractivity contribution in [2.75, 3.05) is 31.1 Å².